The van der Waals surface area contributed by atoms with E-state index in [1.807, 2.05) is 12.1 Å². The smallest absolute Gasteiger partial charge is 0.171 e. The molecule has 2 aromatic rings. The van der Waals surface area contributed by atoms with Gasteiger partial charge in [0.1, 0.15) is 11.4 Å². The van der Waals surface area contributed by atoms with Gasteiger partial charge in [0.25, 0.3) is 0 Å². The van der Waals surface area contributed by atoms with Gasteiger partial charge in [-0.05, 0) is 37.1 Å². The number of rotatable bonds is 6. The van der Waals surface area contributed by atoms with Gasteiger partial charge in [-0.25, -0.2) is 0 Å². The van der Waals surface area contributed by atoms with Crippen LogP contribution in [0.2, 0.25) is 0 Å². The van der Waals surface area contributed by atoms with Gasteiger partial charge >= 0.3 is 0 Å². The zero-order valence-corrected chi connectivity index (χ0v) is 11.2. The van der Waals surface area contributed by atoms with Crippen LogP contribution in [0.1, 0.15) is 28.0 Å². The Bertz CT molecular complexity index is 543. The third-order valence-corrected chi connectivity index (χ3v) is 2.67. The maximum Gasteiger partial charge on any atom is 0.171 e. The summed E-state index contributed by atoms with van der Waals surface area (Å²) in [5.74, 6) is 0.893. The molecule has 0 bridgehead atoms. The van der Waals surface area contributed by atoms with E-state index in [-0.39, 0.29) is 0 Å². The summed E-state index contributed by atoms with van der Waals surface area (Å²) in [5, 5.41) is 7.54. The normalized spacial score (nSPS) is 10.4. The standard InChI is InChI=1S/C14H17N3O2/c1-11-6-12(2)8-14(7-11)19-5-3-4-17-9-13(10-18)15-16-17/h6-10H,3-5H2,1-2H3. The first-order chi connectivity index (χ1) is 9.17. The van der Waals surface area contributed by atoms with Gasteiger partial charge in [0.05, 0.1) is 12.8 Å². The van der Waals surface area contributed by atoms with Crippen LogP contribution in [0.3, 0.4) is 0 Å². The Balaban J connectivity index is 1.78. The average Bonchev–Trinajstić information content (AvgIpc) is 2.81. The van der Waals surface area contributed by atoms with Gasteiger partial charge in [-0.1, -0.05) is 11.3 Å². The van der Waals surface area contributed by atoms with Crippen LogP contribution in [0.25, 0.3) is 0 Å². The van der Waals surface area contributed by atoms with Crippen molar-refractivity contribution in [2.45, 2.75) is 26.8 Å². The molecule has 0 spiro atoms. The van der Waals surface area contributed by atoms with E-state index >= 15 is 0 Å². The van der Waals surface area contributed by atoms with Gasteiger partial charge in [-0.3, -0.25) is 9.48 Å². The molecule has 0 amide bonds. The van der Waals surface area contributed by atoms with Crippen molar-refractivity contribution in [2.75, 3.05) is 6.61 Å². The molecule has 0 aliphatic rings. The van der Waals surface area contributed by atoms with Crippen LogP contribution >= 0.6 is 0 Å². The van der Waals surface area contributed by atoms with Gasteiger partial charge in [-0.15, -0.1) is 5.10 Å². The minimum absolute atomic E-state index is 0.357. The molecule has 0 saturated heterocycles. The molecule has 5 nitrogen and oxygen atoms in total. The van der Waals surface area contributed by atoms with Crippen LogP contribution in [-0.4, -0.2) is 27.9 Å². The summed E-state index contributed by atoms with van der Waals surface area (Å²) in [5.41, 5.74) is 2.75. The first kappa shape index (κ1) is 13.3. The number of aromatic nitrogens is 3. The number of carbonyl (C=O) groups excluding carboxylic acids is 1. The highest BCUT2D eigenvalue weighted by molar-refractivity contribution is 5.70. The average molecular weight is 259 g/mol. The minimum Gasteiger partial charge on any atom is -0.494 e. The van der Waals surface area contributed by atoms with E-state index in [1.54, 1.807) is 10.9 Å². The van der Waals surface area contributed by atoms with E-state index in [9.17, 15) is 4.79 Å². The molecule has 0 N–H and O–H groups in total. The molecule has 5 heteroatoms. The quantitative estimate of drug-likeness (QED) is 0.589. The minimum atomic E-state index is 0.357. The van der Waals surface area contributed by atoms with E-state index in [4.69, 9.17) is 4.74 Å². The van der Waals surface area contributed by atoms with E-state index in [0.717, 1.165) is 12.2 Å². The molecule has 0 saturated carbocycles. The van der Waals surface area contributed by atoms with Crippen LogP contribution in [0.4, 0.5) is 0 Å². The second kappa shape index (κ2) is 6.13. The van der Waals surface area contributed by atoms with E-state index in [2.05, 4.69) is 30.2 Å². The van der Waals surface area contributed by atoms with Crippen LogP contribution in [-0.2, 0) is 6.54 Å². The van der Waals surface area contributed by atoms with Crippen molar-refractivity contribution >= 4 is 6.29 Å². The molecule has 19 heavy (non-hydrogen) atoms. The van der Waals surface area contributed by atoms with Crippen molar-refractivity contribution in [3.05, 3.63) is 41.2 Å². The number of aldehydes is 1. The summed E-state index contributed by atoms with van der Waals surface area (Å²) in [6.45, 7) is 5.40. The maximum absolute atomic E-state index is 10.5. The number of carbonyl (C=O) groups is 1. The predicted molar refractivity (Wildman–Crippen MR) is 71.4 cm³/mol. The summed E-state index contributed by atoms with van der Waals surface area (Å²) in [6.07, 6.45) is 3.13. The van der Waals surface area contributed by atoms with Crippen molar-refractivity contribution in [2.24, 2.45) is 0 Å². The summed E-state index contributed by atoms with van der Waals surface area (Å²) in [6, 6.07) is 6.16. The zero-order valence-electron chi connectivity index (χ0n) is 11.2. The summed E-state index contributed by atoms with van der Waals surface area (Å²) >= 11 is 0. The Kier molecular flexibility index (Phi) is 4.28. The second-order valence-corrected chi connectivity index (χ2v) is 4.55. The molecular formula is C14H17N3O2. The fraction of sp³-hybridized carbons (Fsp3) is 0.357. The first-order valence-electron chi connectivity index (χ1n) is 6.24. The highest BCUT2D eigenvalue weighted by Crippen LogP contribution is 2.16. The van der Waals surface area contributed by atoms with Crippen molar-refractivity contribution in [1.29, 1.82) is 0 Å². The van der Waals surface area contributed by atoms with E-state index in [0.29, 0.717) is 25.1 Å². The Morgan fingerprint density at radius 2 is 2.00 bits per heavy atom. The Hall–Kier alpha value is -2.17. The molecule has 1 aromatic heterocycles. The number of nitrogens with zero attached hydrogens (tertiary/aromatic N) is 3. The zero-order chi connectivity index (χ0) is 13.7. The van der Waals surface area contributed by atoms with Crippen LogP contribution in [0.5, 0.6) is 5.75 Å². The fourth-order valence-corrected chi connectivity index (χ4v) is 1.91. The molecule has 0 aliphatic heterocycles. The maximum atomic E-state index is 10.5. The summed E-state index contributed by atoms with van der Waals surface area (Å²) in [4.78, 5) is 10.5. The van der Waals surface area contributed by atoms with Gasteiger partial charge < -0.3 is 4.74 Å². The lowest BCUT2D eigenvalue weighted by Crippen LogP contribution is -2.05. The predicted octanol–water partition coefficient (Wildman–Crippen LogP) is 2.18. The van der Waals surface area contributed by atoms with Gasteiger partial charge in [0, 0.05) is 13.0 Å². The van der Waals surface area contributed by atoms with Crippen molar-refractivity contribution in [1.82, 2.24) is 15.0 Å². The van der Waals surface area contributed by atoms with Crippen LogP contribution in [0.15, 0.2) is 24.4 Å². The highest BCUT2D eigenvalue weighted by atomic mass is 16.5. The van der Waals surface area contributed by atoms with E-state index < -0.39 is 0 Å². The number of ether oxygens (including phenoxy) is 1. The molecule has 0 atom stereocenters. The monoisotopic (exact) mass is 259 g/mol. The number of benzene rings is 1. The van der Waals surface area contributed by atoms with Crippen LogP contribution < -0.4 is 4.74 Å². The molecule has 0 radical (unpaired) electrons. The third-order valence-electron chi connectivity index (χ3n) is 2.67. The fourth-order valence-electron chi connectivity index (χ4n) is 1.91. The third kappa shape index (κ3) is 3.91. The molecular weight excluding hydrogens is 242 g/mol. The topological polar surface area (TPSA) is 57.0 Å². The number of hydrogen-bond donors (Lipinski definition) is 0. The molecule has 100 valence electrons. The summed E-state index contributed by atoms with van der Waals surface area (Å²) < 4.78 is 7.34. The van der Waals surface area contributed by atoms with Gasteiger partial charge in [-0.2, -0.15) is 0 Å². The SMILES string of the molecule is Cc1cc(C)cc(OCCCn2cc(C=O)nn2)c1. The second-order valence-electron chi connectivity index (χ2n) is 4.55. The highest BCUT2D eigenvalue weighted by Gasteiger charge is 2.00. The molecule has 1 heterocycles. The lowest BCUT2D eigenvalue weighted by Gasteiger charge is -2.08. The Labute approximate surface area is 112 Å². The molecule has 0 fully saturated rings. The van der Waals surface area contributed by atoms with Crippen molar-refractivity contribution in [3.8, 4) is 5.75 Å². The Morgan fingerprint density at radius 1 is 1.26 bits per heavy atom. The first-order valence-corrected chi connectivity index (χ1v) is 6.24. The Morgan fingerprint density at radius 3 is 2.63 bits per heavy atom. The van der Waals surface area contributed by atoms with Gasteiger partial charge in [0.2, 0.25) is 0 Å². The van der Waals surface area contributed by atoms with Crippen LogP contribution in [0, 0.1) is 13.8 Å². The van der Waals surface area contributed by atoms with Gasteiger partial charge in [0.15, 0.2) is 6.29 Å². The van der Waals surface area contributed by atoms with Crippen molar-refractivity contribution in [3.63, 3.8) is 0 Å². The molecule has 0 aliphatic carbocycles. The molecule has 1 aromatic carbocycles. The largest absolute Gasteiger partial charge is 0.494 e. The number of hydrogen-bond acceptors (Lipinski definition) is 4. The number of aryl methyl sites for hydroxylation is 3. The van der Waals surface area contributed by atoms with E-state index in [1.165, 1.54) is 11.1 Å². The molecule has 0 unspecified atom stereocenters. The lowest BCUT2D eigenvalue weighted by molar-refractivity contribution is 0.111. The summed E-state index contributed by atoms with van der Waals surface area (Å²) in [7, 11) is 0. The lowest BCUT2D eigenvalue weighted by atomic mass is 10.1. The van der Waals surface area contributed by atoms with Crippen molar-refractivity contribution < 1.29 is 9.53 Å². The molecule has 2 rings (SSSR count).